The van der Waals surface area contributed by atoms with Crippen LogP contribution < -0.4 is 10.0 Å². The Kier molecular flexibility index (Phi) is 8.13. The van der Waals surface area contributed by atoms with Gasteiger partial charge in [-0.3, -0.25) is 0 Å². The molecule has 2 aromatic rings. The topological polar surface area (TPSA) is 116 Å². The fourth-order valence-electron chi connectivity index (χ4n) is 10.9. The number of carbonyl (C=O) groups excluding carboxylic acids is 1. The monoisotopic (exact) mass is 610 g/mol. The average molecular weight is 611 g/mol. The van der Waals surface area contributed by atoms with Crippen LogP contribution in [-0.4, -0.2) is 43.4 Å². The summed E-state index contributed by atoms with van der Waals surface area (Å²) in [5, 5.41) is 27.1. The second kappa shape index (κ2) is 11.3. The van der Waals surface area contributed by atoms with E-state index in [-0.39, 0.29) is 45.7 Å². The Morgan fingerprint density at radius 2 is 1.65 bits per heavy atom. The van der Waals surface area contributed by atoms with E-state index in [0.717, 1.165) is 62.1 Å². The van der Waals surface area contributed by atoms with Gasteiger partial charge in [-0.05, 0) is 120 Å². The molecule has 4 aliphatic carbocycles. The van der Waals surface area contributed by atoms with Gasteiger partial charge in [0.1, 0.15) is 0 Å². The highest BCUT2D eigenvalue weighted by Gasteiger charge is 2.64. The van der Waals surface area contributed by atoms with Crippen LogP contribution in [-0.2, 0) is 10.0 Å². The number of sulfonamides is 1. The van der Waals surface area contributed by atoms with Crippen molar-refractivity contribution < 1.29 is 23.4 Å². The standard InChI is InChI=1S/C35H50N2O5S/c1-5-26-30-19-24(38)14-16-35(30,4)29-15-17-34(3)27(12-13-28(34)31(29)32(26)39)21(2)20-36-33(40)37-43(41,42)25-11-10-22-8-6-7-9-23(22)18-25/h6-11,18,21,24,26-32,38-39H,5,12-17,19-20H2,1-4H3,(H2,36,37,40)/t21-,24-,26-,27-,28+,29+,30+,31+,32-,34-,35-/m1/s1. The first-order chi connectivity index (χ1) is 20.4. The molecular weight excluding hydrogens is 560 g/mol. The SMILES string of the molecule is CC[C@H]1[C@@H](O)[C@@H]2[C@H](CC[C@]3(C)[C@@H]([C@H](C)CNC(=O)NS(=O)(=O)c4ccc5ccccc5c4)CC[C@@H]23)[C@@]2(C)CC[C@@H](O)C[C@@H]12. The Morgan fingerprint density at radius 1 is 0.953 bits per heavy atom. The molecule has 6 rings (SSSR count). The van der Waals surface area contributed by atoms with Gasteiger partial charge in [0.2, 0.25) is 0 Å². The van der Waals surface area contributed by atoms with E-state index in [0.29, 0.717) is 30.2 Å². The first-order valence-corrected chi connectivity index (χ1v) is 18.0. The second-order valence-corrected chi connectivity index (χ2v) is 16.6. The first-order valence-electron chi connectivity index (χ1n) is 16.5. The minimum absolute atomic E-state index is 0.0668. The zero-order valence-electron chi connectivity index (χ0n) is 26.1. The Bertz CT molecular complexity index is 1460. The van der Waals surface area contributed by atoms with Gasteiger partial charge in [-0.25, -0.2) is 17.9 Å². The highest BCUT2D eigenvalue weighted by atomic mass is 32.2. The summed E-state index contributed by atoms with van der Waals surface area (Å²) in [5.41, 5.74) is 0.248. The van der Waals surface area contributed by atoms with Gasteiger partial charge in [-0.1, -0.05) is 64.4 Å². The van der Waals surface area contributed by atoms with Crippen molar-refractivity contribution in [1.82, 2.24) is 10.0 Å². The molecule has 2 amide bonds. The number of fused-ring (bicyclic) bond motifs is 6. The molecular formula is C35H50N2O5S. The number of aliphatic hydroxyl groups is 2. The maximum Gasteiger partial charge on any atom is 0.328 e. The third kappa shape index (κ3) is 5.19. The molecule has 236 valence electrons. The van der Waals surface area contributed by atoms with Crippen molar-refractivity contribution in [3.8, 4) is 0 Å². The first kappa shape index (κ1) is 30.8. The number of urea groups is 1. The molecule has 4 N–H and O–H groups in total. The lowest BCUT2D eigenvalue weighted by molar-refractivity contribution is -0.203. The number of aliphatic hydroxyl groups excluding tert-OH is 2. The number of nitrogens with one attached hydrogen (secondary N) is 2. The second-order valence-electron chi connectivity index (χ2n) is 14.9. The summed E-state index contributed by atoms with van der Waals surface area (Å²) in [6.07, 6.45) is 7.49. The van der Waals surface area contributed by atoms with Crippen molar-refractivity contribution in [2.24, 2.45) is 52.3 Å². The maximum atomic E-state index is 13.0. The van der Waals surface area contributed by atoms with Crippen LogP contribution in [0, 0.1) is 52.3 Å². The highest BCUT2D eigenvalue weighted by molar-refractivity contribution is 7.90. The average Bonchev–Trinajstić information content (AvgIpc) is 3.33. The number of carbonyl (C=O) groups is 1. The number of hydrogen-bond acceptors (Lipinski definition) is 5. The molecule has 4 saturated carbocycles. The van der Waals surface area contributed by atoms with E-state index in [4.69, 9.17) is 0 Å². The van der Waals surface area contributed by atoms with E-state index in [1.807, 2.05) is 24.3 Å². The predicted octanol–water partition coefficient (Wildman–Crippen LogP) is 6.09. The zero-order valence-corrected chi connectivity index (χ0v) is 26.9. The van der Waals surface area contributed by atoms with Gasteiger partial charge in [0.15, 0.2) is 0 Å². The molecule has 0 aromatic heterocycles. The summed E-state index contributed by atoms with van der Waals surface area (Å²) in [6, 6.07) is 11.7. The number of benzene rings is 2. The molecule has 0 unspecified atom stereocenters. The molecule has 43 heavy (non-hydrogen) atoms. The predicted molar refractivity (Wildman–Crippen MR) is 169 cm³/mol. The van der Waals surface area contributed by atoms with Crippen molar-refractivity contribution in [1.29, 1.82) is 0 Å². The molecule has 7 nitrogen and oxygen atoms in total. The lowest BCUT2D eigenvalue weighted by atomic mass is 9.41. The Hall–Kier alpha value is -2.16. The fraction of sp³-hybridized carbons (Fsp3) is 0.686. The maximum absolute atomic E-state index is 13.0. The quantitative estimate of drug-likeness (QED) is 0.316. The molecule has 8 heteroatoms. The van der Waals surface area contributed by atoms with Crippen LogP contribution in [0.4, 0.5) is 4.79 Å². The van der Waals surface area contributed by atoms with Gasteiger partial charge in [0.25, 0.3) is 10.0 Å². The normalized spacial score (nSPS) is 39.8. The molecule has 0 heterocycles. The minimum Gasteiger partial charge on any atom is -0.393 e. The van der Waals surface area contributed by atoms with Crippen molar-refractivity contribution in [2.75, 3.05) is 6.54 Å². The number of rotatable bonds is 6. The van der Waals surface area contributed by atoms with Crippen molar-refractivity contribution in [2.45, 2.75) is 96.2 Å². The van der Waals surface area contributed by atoms with Crippen LogP contribution in [0.3, 0.4) is 0 Å². The van der Waals surface area contributed by atoms with Crippen molar-refractivity contribution in [3.05, 3.63) is 42.5 Å². The molecule has 0 spiro atoms. The lowest BCUT2D eigenvalue weighted by Gasteiger charge is -2.64. The molecule has 0 aliphatic heterocycles. The number of amides is 2. The molecule has 4 fully saturated rings. The summed E-state index contributed by atoms with van der Waals surface area (Å²) >= 11 is 0. The van der Waals surface area contributed by atoms with E-state index in [1.165, 1.54) is 6.07 Å². The summed E-state index contributed by atoms with van der Waals surface area (Å²) in [5.74, 6) is 2.38. The molecule has 0 saturated heterocycles. The zero-order chi connectivity index (χ0) is 30.7. The molecule has 0 radical (unpaired) electrons. The van der Waals surface area contributed by atoms with E-state index in [1.54, 1.807) is 12.1 Å². The lowest BCUT2D eigenvalue weighted by Crippen LogP contribution is -2.62. The van der Waals surface area contributed by atoms with Gasteiger partial charge in [0, 0.05) is 6.54 Å². The van der Waals surface area contributed by atoms with E-state index in [9.17, 15) is 23.4 Å². The van der Waals surface area contributed by atoms with Crippen LogP contribution in [0.25, 0.3) is 10.8 Å². The van der Waals surface area contributed by atoms with Crippen LogP contribution >= 0.6 is 0 Å². The highest BCUT2D eigenvalue weighted by Crippen LogP contribution is 2.69. The van der Waals surface area contributed by atoms with E-state index >= 15 is 0 Å². The summed E-state index contributed by atoms with van der Waals surface area (Å²) in [4.78, 5) is 12.9. The molecule has 0 bridgehead atoms. The molecule has 4 aliphatic rings. The van der Waals surface area contributed by atoms with Gasteiger partial charge >= 0.3 is 6.03 Å². The van der Waals surface area contributed by atoms with Crippen LogP contribution in [0.2, 0.25) is 0 Å². The van der Waals surface area contributed by atoms with Gasteiger partial charge < -0.3 is 15.5 Å². The third-order valence-corrected chi connectivity index (χ3v) is 14.3. The van der Waals surface area contributed by atoms with Gasteiger partial charge in [-0.2, -0.15) is 0 Å². The third-order valence-electron chi connectivity index (χ3n) is 13.0. The Morgan fingerprint density at radius 3 is 2.40 bits per heavy atom. The van der Waals surface area contributed by atoms with E-state index in [2.05, 4.69) is 37.7 Å². The van der Waals surface area contributed by atoms with Crippen LogP contribution in [0.5, 0.6) is 0 Å². The van der Waals surface area contributed by atoms with Gasteiger partial charge in [-0.15, -0.1) is 0 Å². The number of hydrogen-bond donors (Lipinski definition) is 4. The molecule has 11 atom stereocenters. The summed E-state index contributed by atoms with van der Waals surface area (Å²) in [7, 11) is -4.00. The van der Waals surface area contributed by atoms with Crippen LogP contribution in [0.1, 0.15) is 79.1 Å². The fourth-order valence-corrected chi connectivity index (χ4v) is 11.8. The summed E-state index contributed by atoms with van der Waals surface area (Å²) < 4.78 is 28.2. The molecule has 2 aromatic carbocycles. The van der Waals surface area contributed by atoms with Crippen molar-refractivity contribution >= 4 is 26.8 Å². The smallest absolute Gasteiger partial charge is 0.328 e. The van der Waals surface area contributed by atoms with Crippen molar-refractivity contribution in [3.63, 3.8) is 0 Å². The Balaban J connectivity index is 1.12. The largest absolute Gasteiger partial charge is 0.393 e. The Labute approximate surface area is 257 Å². The summed E-state index contributed by atoms with van der Waals surface area (Å²) in [6.45, 7) is 9.65. The minimum atomic E-state index is -4.00. The van der Waals surface area contributed by atoms with E-state index < -0.39 is 16.1 Å². The van der Waals surface area contributed by atoms with Crippen LogP contribution in [0.15, 0.2) is 47.4 Å². The van der Waals surface area contributed by atoms with Gasteiger partial charge in [0.05, 0.1) is 17.1 Å².